The van der Waals surface area contributed by atoms with Crippen LogP contribution in [0, 0.1) is 11.3 Å². The number of ether oxygens (including phenoxy) is 3. The van der Waals surface area contributed by atoms with Gasteiger partial charge in [0.05, 0.1) is 23.7 Å². The molecule has 0 bridgehead atoms. The predicted octanol–water partition coefficient (Wildman–Crippen LogP) is 1.67. The normalized spacial score (nSPS) is 14.8. The van der Waals surface area contributed by atoms with Gasteiger partial charge in [0.25, 0.3) is 5.91 Å². The summed E-state index contributed by atoms with van der Waals surface area (Å²) < 4.78 is 16.2. The molecule has 0 aliphatic carbocycles. The average molecular weight is 352 g/mol. The Balaban J connectivity index is 1.43. The van der Waals surface area contributed by atoms with Gasteiger partial charge in [0.1, 0.15) is 12.7 Å². The van der Waals surface area contributed by atoms with Crippen LogP contribution in [0.5, 0.6) is 11.5 Å². The summed E-state index contributed by atoms with van der Waals surface area (Å²) in [6.07, 6.45) is -0.322. The summed E-state index contributed by atoms with van der Waals surface area (Å²) >= 11 is 0. The molecule has 0 fully saturated rings. The van der Waals surface area contributed by atoms with Gasteiger partial charge < -0.3 is 19.5 Å². The Kier molecular flexibility index (Phi) is 5.34. The maximum absolute atomic E-state index is 11.9. The van der Waals surface area contributed by atoms with E-state index in [0.29, 0.717) is 23.7 Å². The molecule has 0 radical (unpaired) electrons. The minimum atomic E-state index is -0.663. The van der Waals surface area contributed by atoms with Crippen molar-refractivity contribution in [2.24, 2.45) is 0 Å². The van der Waals surface area contributed by atoms with Crippen molar-refractivity contribution in [3.8, 4) is 17.6 Å². The second kappa shape index (κ2) is 8.03. The minimum absolute atomic E-state index is 0.220. The number of benzene rings is 2. The van der Waals surface area contributed by atoms with Gasteiger partial charge in [-0.2, -0.15) is 5.26 Å². The molecule has 1 amide bonds. The van der Waals surface area contributed by atoms with Gasteiger partial charge in [-0.1, -0.05) is 18.2 Å². The molecule has 2 aromatic rings. The first-order valence-electron chi connectivity index (χ1n) is 7.98. The van der Waals surface area contributed by atoms with Crippen LogP contribution in [-0.2, 0) is 9.53 Å². The van der Waals surface area contributed by atoms with Crippen LogP contribution < -0.4 is 14.8 Å². The van der Waals surface area contributed by atoms with E-state index in [0.717, 1.165) is 0 Å². The Hall–Kier alpha value is -3.53. The fraction of sp³-hybridized carbons (Fsp3) is 0.211. The zero-order chi connectivity index (χ0) is 18.4. The third-order valence-corrected chi connectivity index (χ3v) is 3.66. The number of nitrogens with zero attached hydrogens (tertiary/aromatic N) is 1. The lowest BCUT2D eigenvalue weighted by atomic mass is 10.1. The number of nitrogens with one attached hydrogen (secondary N) is 1. The molecule has 7 nitrogen and oxygen atoms in total. The van der Waals surface area contributed by atoms with Crippen LogP contribution in [0.25, 0.3) is 0 Å². The molecular weight excluding hydrogens is 336 g/mol. The van der Waals surface area contributed by atoms with E-state index in [1.165, 1.54) is 12.1 Å². The van der Waals surface area contributed by atoms with Crippen molar-refractivity contribution in [1.82, 2.24) is 5.32 Å². The average Bonchev–Trinajstić information content (AvgIpc) is 2.70. The molecule has 1 aliphatic heterocycles. The molecule has 132 valence electrons. The Labute approximate surface area is 150 Å². The van der Waals surface area contributed by atoms with Crippen LogP contribution in [0.1, 0.15) is 15.9 Å². The first-order valence-corrected chi connectivity index (χ1v) is 7.98. The highest BCUT2D eigenvalue weighted by Gasteiger charge is 2.21. The van der Waals surface area contributed by atoms with Crippen molar-refractivity contribution >= 4 is 11.9 Å². The summed E-state index contributed by atoms with van der Waals surface area (Å²) in [5.74, 6) is 0.186. The van der Waals surface area contributed by atoms with Gasteiger partial charge in [-0.3, -0.25) is 4.79 Å². The van der Waals surface area contributed by atoms with E-state index in [1.807, 2.05) is 24.3 Å². The highest BCUT2D eigenvalue weighted by atomic mass is 16.6. The summed E-state index contributed by atoms with van der Waals surface area (Å²) in [4.78, 5) is 23.8. The monoisotopic (exact) mass is 352 g/mol. The lowest BCUT2D eigenvalue weighted by Crippen LogP contribution is -2.42. The number of carbonyl (C=O) groups excluding carboxylic acids is 2. The van der Waals surface area contributed by atoms with Crippen molar-refractivity contribution in [1.29, 1.82) is 5.26 Å². The zero-order valence-corrected chi connectivity index (χ0v) is 13.8. The largest absolute Gasteiger partial charge is 0.486 e. The summed E-state index contributed by atoms with van der Waals surface area (Å²) in [5.41, 5.74) is 0.566. The van der Waals surface area contributed by atoms with Crippen LogP contribution in [-0.4, -0.2) is 37.7 Å². The SMILES string of the molecule is N#Cc1cccc(C(=O)OCC(=O)NC[C@H]2COc3ccccc3O2)c1. The number of hydrogen-bond acceptors (Lipinski definition) is 6. The third kappa shape index (κ3) is 4.30. The molecule has 26 heavy (non-hydrogen) atoms. The van der Waals surface area contributed by atoms with Crippen LogP contribution in [0.15, 0.2) is 48.5 Å². The molecule has 0 spiro atoms. The van der Waals surface area contributed by atoms with Gasteiger partial charge >= 0.3 is 5.97 Å². The summed E-state index contributed by atoms with van der Waals surface area (Å²) in [5, 5.41) is 11.5. The lowest BCUT2D eigenvalue weighted by Gasteiger charge is -2.26. The Bertz CT molecular complexity index is 859. The number of carbonyl (C=O) groups is 2. The zero-order valence-electron chi connectivity index (χ0n) is 13.8. The van der Waals surface area contributed by atoms with Gasteiger partial charge in [-0.25, -0.2) is 4.79 Å². The number of fused-ring (bicyclic) bond motifs is 1. The molecule has 0 aromatic heterocycles. The molecule has 0 saturated heterocycles. The molecule has 1 N–H and O–H groups in total. The first-order chi connectivity index (χ1) is 12.7. The molecule has 3 rings (SSSR count). The Morgan fingerprint density at radius 3 is 2.81 bits per heavy atom. The lowest BCUT2D eigenvalue weighted by molar-refractivity contribution is -0.124. The highest BCUT2D eigenvalue weighted by molar-refractivity contribution is 5.91. The van der Waals surface area contributed by atoms with Gasteiger partial charge in [0, 0.05) is 0 Å². The molecule has 0 unspecified atom stereocenters. The number of rotatable bonds is 5. The van der Waals surface area contributed by atoms with Crippen LogP contribution in [0.3, 0.4) is 0 Å². The van der Waals surface area contributed by atoms with E-state index in [1.54, 1.807) is 18.2 Å². The number of para-hydroxylation sites is 2. The van der Waals surface area contributed by atoms with E-state index in [-0.39, 0.29) is 18.2 Å². The number of hydrogen-bond donors (Lipinski definition) is 1. The van der Waals surface area contributed by atoms with E-state index in [2.05, 4.69) is 5.32 Å². The topological polar surface area (TPSA) is 97.7 Å². The maximum Gasteiger partial charge on any atom is 0.338 e. The fourth-order valence-electron chi connectivity index (χ4n) is 2.37. The van der Waals surface area contributed by atoms with Crippen LogP contribution in [0.4, 0.5) is 0 Å². The van der Waals surface area contributed by atoms with Gasteiger partial charge in [0.15, 0.2) is 18.1 Å². The number of nitriles is 1. The summed E-state index contributed by atoms with van der Waals surface area (Å²) in [6.45, 7) is 0.131. The molecule has 1 aliphatic rings. The fourth-order valence-corrected chi connectivity index (χ4v) is 2.37. The molecule has 0 saturated carbocycles. The van der Waals surface area contributed by atoms with E-state index < -0.39 is 18.5 Å². The standard InChI is InChI=1S/C19H16N2O5/c20-9-13-4-3-5-14(8-13)19(23)25-12-18(22)21-10-15-11-24-16-6-1-2-7-17(16)26-15/h1-8,15H,10-12H2,(H,21,22)/t15-/m0/s1. The minimum Gasteiger partial charge on any atom is -0.486 e. The molecule has 7 heteroatoms. The Morgan fingerprint density at radius 1 is 1.19 bits per heavy atom. The predicted molar refractivity (Wildman–Crippen MR) is 90.8 cm³/mol. The van der Waals surface area contributed by atoms with Gasteiger partial charge in [-0.05, 0) is 30.3 Å². The maximum atomic E-state index is 11.9. The number of esters is 1. The Morgan fingerprint density at radius 2 is 2.00 bits per heavy atom. The quantitative estimate of drug-likeness (QED) is 0.822. The van der Waals surface area contributed by atoms with Crippen molar-refractivity contribution in [2.45, 2.75) is 6.10 Å². The highest BCUT2D eigenvalue weighted by Crippen LogP contribution is 2.30. The molecular formula is C19H16N2O5. The van der Waals surface area contributed by atoms with E-state index in [9.17, 15) is 9.59 Å². The van der Waals surface area contributed by atoms with Gasteiger partial charge in [0.2, 0.25) is 0 Å². The third-order valence-electron chi connectivity index (χ3n) is 3.66. The molecule has 1 heterocycles. The second-order valence-corrected chi connectivity index (χ2v) is 5.57. The van der Waals surface area contributed by atoms with Gasteiger partial charge in [-0.15, -0.1) is 0 Å². The molecule has 1 atom stereocenters. The van der Waals surface area contributed by atoms with Crippen molar-refractivity contribution in [2.75, 3.05) is 19.8 Å². The number of amides is 1. The van der Waals surface area contributed by atoms with Crippen molar-refractivity contribution < 1.29 is 23.8 Å². The smallest absolute Gasteiger partial charge is 0.338 e. The van der Waals surface area contributed by atoms with Crippen LogP contribution in [0.2, 0.25) is 0 Å². The summed E-state index contributed by atoms with van der Waals surface area (Å²) in [7, 11) is 0. The van der Waals surface area contributed by atoms with E-state index >= 15 is 0 Å². The second-order valence-electron chi connectivity index (χ2n) is 5.57. The first kappa shape index (κ1) is 17.3. The molecule has 2 aromatic carbocycles. The summed E-state index contributed by atoms with van der Waals surface area (Å²) in [6, 6.07) is 15.3. The van der Waals surface area contributed by atoms with Crippen LogP contribution >= 0.6 is 0 Å². The van der Waals surface area contributed by atoms with Crippen molar-refractivity contribution in [3.63, 3.8) is 0 Å². The van der Waals surface area contributed by atoms with Crippen molar-refractivity contribution in [3.05, 3.63) is 59.7 Å². The van der Waals surface area contributed by atoms with E-state index in [4.69, 9.17) is 19.5 Å².